The third-order valence-corrected chi connectivity index (χ3v) is 5.32. The summed E-state index contributed by atoms with van der Waals surface area (Å²) in [5, 5.41) is 0. The summed E-state index contributed by atoms with van der Waals surface area (Å²) in [6, 6.07) is 8.61. The minimum Gasteiger partial charge on any atom is -0.469 e. The fraction of sp³-hybridized carbons (Fsp3) is 0.579. The predicted molar refractivity (Wildman–Crippen MR) is 96.5 cm³/mol. The average molecular weight is 345 g/mol. The third kappa shape index (κ3) is 4.12. The van der Waals surface area contributed by atoms with E-state index in [2.05, 4.69) is 4.74 Å². The van der Waals surface area contributed by atoms with Crippen LogP contribution < -0.4 is 10.6 Å². The van der Waals surface area contributed by atoms with Gasteiger partial charge in [-0.2, -0.15) is 0 Å². The van der Waals surface area contributed by atoms with Crippen LogP contribution in [0.1, 0.15) is 37.7 Å². The highest BCUT2D eigenvalue weighted by Gasteiger charge is 2.35. The van der Waals surface area contributed by atoms with E-state index >= 15 is 0 Å². The summed E-state index contributed by atoms with van der Waals surface area (Å²) in [5.41, 5.74) is 7.96. The Balaban J connectivity index is 1.59. The van der Waals surface area contributed by atoms with Crippen LogP contribution in [0.15, 0.2) is 24.3 Å². The first-order valence-corrected chi connectivity index (χ1v) is 9.08. The number of methoxy groups -OCH3 is 1. The molecule has 0 radical (unpaired) electrons. The fourth-order valence-corrected chi connectivity index (χ4v) is 3.74. The van der Waals surface area contributed by atoms with Crippen molar-refractivity contribution in [3.05, 3.63) is 29.8 Å². The van der Waals surface area contributed by atoms with Gasteiger partial charge < -0.3 is 15.4 Å². The summed E-state index contributed by atoms with van der Waals surface area (Å²) < 4.78 is 4.66. The third-order valence-electron chi connectivity index (χ3n) is 5.32. The lowest BCUT2D eigenvalue weighted by molar-refractivity contribution is -0.140. The molecular weight excluding hydrogens is 318 g/mol. The second-order valence-electron chi connectivity index (χ2n) is 6.94. The van der Waals surface area contributed by atoms with Crippen molar-refractivity contribution in [1.82, 2.24) is 4.90 Å². The van der Waals surface area contributed by atoms with E-state index in [1.165, 1.54) is 7.11 Å². The van der Waals surface area contributed by atoms with E-state index in [1.807, 2.05) is 34.1 Å². The van der Waals surface area contributed by atoms with Crippen molar-refractivity contribution in [3.8, 4) is 0 Å². The Morgan fingerprint density at radius 1 is 1.16 bits per heavy atom. The van der Waals surface area contributed by atoms with Gasteiger partial charge in [0.2, 0.25) is 0 Å². The molecule has 0 unspecified atom stereocenters. The molecular formula is C19H27N3O3. The highest BCUT2D eigenvalue weighted by molar-refractivity contribution is 5.94. The Morgan fingerprint density at radius 2 is 1.84 bits per heavy atom. The van der Waals surface area contributed by atoms with Crippen LogP contribution in [0.2, 0.25) is 0 Å². The molecule has 25 heavy (non-hydrogen) atoms. The number of urea groups is 1. The van der Waals surface area contributed by atoms with Crippen molar-refractivity contribution in [2.75, 3.05) is 25.1 Å². The smallest absolute Gasteiger partial charge is 0.324 e. The van der Waals surface area contributed by atoms with Crippen LogP contribution in [0.3, 0.4) is 0 Å². The van der Waals surface area contributed by atoms with Crippen LogP contribution in [0, 0.1) is 0 Å². The molecule has 1 saturated heterocycles. The number of benzene rings is 1. The number of amides is 2. The van der Waals surface area contributed by atoms with Crippen molar-refractivity contribution in [2.24, 2.45) is 5.73 Å². The second-order valence-corrected chi connectivity index (χ2v) is 6.94. The van der Waals surface area contributed by atoms with E-state index < -0.39 is 0 Å². The van der Waals surface area contributed by atoms with Crippen LogP contribution in [-0.4, -0.2) is 49.2 Å². The molecule has 0 spiro atoms. The zero-order valence-corrected chi connectivity index (χ0v) is 14.8. The summed E-state index contributed by atoms with van der Waals surface area (Å²) >= 11 is 0. The van der Waals surface area contributed by atoms with Crippen LogP contribution in [0.4, 0.5) is 10.5 Å². The fourth-order valence-electron chi connectivity index (χ4n) is 3.74. The van der Waals surface area contributed by atoms with Gasteiger partial charge >= 0.3 is 12.0 Å². The number of nitrogens with zero attached hydrogens (tertiary/aromatic N) is 2. The van der Waals surface area contributed by atoms with Crippen molar-refractivity contribution in [3.63, 3.8) is 0 Å². The highest BCUT2D eigenvalue weighted by atomic mass is 16.5. The molecule has 0 atom stereocenters. The molecule has 2 N–H and O–H groups in total. The van der Waals surface area contributed by atoms with Crippen LogP contribution in [0.25, 0.3) is 0 Å². The van der Waals surface area contributed by atoms with Crippen molar-refractivity contribution >= 4 is 17.7 Å². The van der Waals surface area contributed by atoms with Crippen LogP contribution >= 0.6 is 0 Å². The molecule has 1 aliphatic heterocycles. The maximum atomic E-state index is 12.8. The molecule has 2 aliphatic rings. The van der Waals surface area contributed by atoms with Gasteiger partial charge in [0.15, 0.2) is 0 Å². The number of ether oxygens (including phenoxy) is 1. The zero-order valence-electron chi connectivity index (χ0n) is 14.8. The van der Waals surface area contributed by atoms with Gasteiger partial charge in [0.05, 0.1) is 7.11 Å². The summed E-state index contributed by atoms with van der Waals surface area (Å²) in [6.45, 7) is 1.51. The summed E-state index contributed by atoms with van der Waals surface area (Å²) in [7, 11) is 1.40. The van der Waals surface area contributed by atoms with Gasteiger partial charge in [-0.3, -0.25) is 9.69 Å². The van der Waals surface area contributed by atoms with E-state index in [9.17, 15) is 9.59 Å². The van der Waals surface area contributed by atoms with Gasteiger partial charge in [-0.05, 0) is 49.8 Å². The average Bonchev–Trinajstić information content (AvgIpc) is 3.02. The molecule has 1 aliphatic carbocycles. The van der Waals surface area contributed by atoms with E-state index in [1.54, 1.807) is 0 Å². The van der Waals surface area contributed by atoms with Gasteiger partial charge in [0, 0.05) is 37.3 Å². The molecule has 0 aromatic heterocycles. The SMILES string of the molecule is COC(=O)CCc1ccc(N2CCN(C3CCC(N)CC3)C2=O)cc1. The predicted octanol–water partition coefficient (Wildman–Crippen LogP) is 2.30. The first-order valence-electron chi connectivity index (χ1n) is 9.08. The van der Waals surface area contributed by atoms with Gasteiger partial charge in [0.1, 0.15) is 0 Å². The van der Waals surface area contributed by atoms with Gasteiger partial charge in [-0.1, -0.05) is 12.1 Å². The molecule has 1 aromatic carbocycles. The lowest BCUT2D eigenvalue weighted by Gasteiger charge is -2.33. The first-order chi connectivity index (χ1) is 12.1. The lowest BCUT2D eigenvalue weighted by Crippen LogP contribution is -2.43. The Labute approximate surface area is 148 Å². The van der Waals surface area contributed by atoms with Gasteiger partial charge in [-0.25, -0.2) is 4.79 Å². The normalized spacial score (nSPS) is 23.8. The van der Waals surface area contributed by atoms with Gasteiger partial charge in [-0.15, -0.1) is 0 Å². The number of anilines is 1. The zero-order chi connectivity index (χ0) is 17.8. The maximum Gasteiger partial charge on any atom is 0.324 e. The van der Waals surface area contributed by atoms with Gasteiger partial charge in [0.25, 0.3) is 0 Å². The van der Waals surface area contributed by atoms with Crippen LogP contribution in [0.5, 0.6) is 0 Å². The van der Waals surface area contributed by atoms with E-state index in [0.717, 1.165) is 50.0 Å². The summed E-state index contributed by atoms with van der Waals surface area (Å²) in [4.78, 5) is 27.9. The molecule has 0 bridgehead atoms. The molecule has 1 aromatic rings. The van der Waals surface area contributed by atoms with Crippen molar-refractivity contribution in [1.29, 1.82) is 0 Å². The minimum absolute atomic E-state index is 0.0998. The number of hydrogen-bond acceptors (Lipinski definition) is 4. The number of carbonyl (C=O) groups is 2. The second kappa shape index (κ2) is 7.87. The Morgan fingerprint density at radius 3 is 2.48 bits per heavy atom. The van der Waals surface area contributed by atoms with E-state index in [-0.39, 0.29) is 12.0 Å². The topological polar surface area (TPSA) is 75.9 Å². The molecule has 1 saturated carbocycles. The highest BCUT2D eigenvalue weighted by Crippen LogP contribution is 2.28. The first kappa shape index (κ1) is 17.7. The number of aryl methyl sites for hydroxylation is 1. The molecule has 2 fully saturated rings. The van der Waals surface area contributed by atoms with Crippen LogP contribution in [-0.2, 0) is 16.0 Å². The van der Waals surface area contributed by atoms with Crippen molar-refractivity contribution < 1.29 is 14.3 Å². The molecule has 2 amide bonds. The number of hydrogen-bond donors (Lipinski definition) is 1. The minimum atomic E-state index is -0.207. The maximum absolute atomic E-state index is 12.8. The molecule has 1 heterocycles. The molecule has 6 heteroatoms. The molecule has 6 nitrogen and oxygen atoms in total. The monoisotopic (exact) mass is 345 g/mol. The lowest BCUT2D eigenvalue weighted by atomic mass is 9.91. The number of nitrogens with two attached hydrogens (primary N) is 1. The Kier molecular flexibility index (Phi) is 5.58. The summed E-state index contributed by atoms with van der Waals surface area (Å²) in [6.07, 6.45) is 5.04. The quantitative estimate of drug-likeness (QED) is 0.831. The number of esters is 1. The number of rotatable bonds is 5. The van der Waals surface area contributed by atoms with E-state index in [0.29, 0.717) is 24.9 Å². The van der Waals surface area contributed by atoms with E-state index in [4.69, 9.17) is 5.73 Å². The molecule has 136 valence electrons. The standard InChI is InChI=1S/C19H27N3O3/c1-25-18(23)11-4-14-2-7-16(8-3-14)21-12-13-22(19(21)24)17-9-5-15(20)6-10-17/h2-3,7-8,15,17H,4-6,9-13,20H2,1H3. The van der Waals surface area contributed by atoms with Crippen molar-refractivity contribution in [2.45, 2.75) is 50.6 Å². The molecule has 3 rings (SSSR count). The Bertz CT molecular complexity index is 609. The summed E-state index contributed by atoms with van der Waals surface area (Å²) in [5.74, 6) is -0.207. The Hall–Kier alpha value is -2.08. The number of carbonyl (C=O) groups excluding carboxylic acids is 2. The largest absolute Gasteiger partial charge is 0.469 e.